The maximum atomic E-state index is 13.0. The number of esters is 2. The van der Waals surface area contributed by atoms with E-state index in [-0.39, 0.29) is 37.2 Å². The number of hydrogen-bond acceptors (Lipinski definition) is 7. The van der Waals surface area contributed by atoms with E-state index < -0.39 is 5.41 Å². The number of likely N-dealkylation sites (tertiary alicyclic amines) is 1. The van der Waals surface area contributed by atoms with E-state index in [1.807, 2.05) is 14.0 Å². The monoisotopic (exact) mass is 541 g/mol. The van der Waals surface area contributed by atoms with Crippen molar-refractivity contribution in [2.45, 2.75) is 136 Å². The first-order valence-electron chi connectivity index (χ1n) is 15.6. The van der Waals surface area contributed by atoms with Crippen LogP contribution in [0.1, 0.15) is 129 Å². The Morgan fingerprint density at radius 3 is 2.00 bits per heavy atom. The van der Waals surface area contributed by atoms with Gasteiger partial charge in [0.25, 0.3) is 0 Å². The molecule has 1 heterocycles. The van der Waals surface area contributed by atoms with Gasteiger partial charge in [-0.3, -0.25) is 9.59 Å². The van der Waals surface area contributed by atoms with Crippen LogP contribution in [0.4, 0.5) is 0 Å². The predicted octanol–water partition coefficient (Wildman–Crippen LogP) is 6.04. The van der Waals surface area contributed by atoms with E-state index in [1.165, 1.54) is 57.8 Å². The summed E-state index contributed by atoms with van der Waals surface area (Å²) in [5.41, 5.74) is -0.428. The molecule has 2 unspecified atom stereocenters. The fourth-order valence-corrected chi connectivity index (χ4v) is 5.29. The van der Waals surface area contributed by atoms with Gasteiger partial charge in [0.05, 0.1) is 12.0 Å². The van der Waals surface area contributed by atoms with Crippen molar-refractivity contribution in [3.05, 3.63) is 0 Å². The molecule has 0 aromatic rings. The van der Waals surface area contributed by atoms with E-state index in [2.05, 4.69) is 11.8 Å². The quantitative estimate of drug-likeness (QED) is 0.114. The molecule has 0 amide bonds. The van der Waals surface area contributed by atoms with Crippen molar-refractivity contribution in [2.75, 3.05) is 40.0 Å². The maximum Gasteiger partial charge on any atom is 0.313 e. The van der Waals surface area contributed by atoms with E-state index in [0.29, 0.717) is 32.3 Å². The second-order valence-corrected chi connectivity index (χ2v) is 11.9. The number of carbonyl (C=O) groups is 2. The van der Waals surface area contributed by atoms with Crippen molar-refractivity contribution < 1.29 is 29.3 Å². The van der Waals surface area contributed by atoms with Crippen molar-refractivity contribution in [3.8, 4) is 0 Å². The zero-order valence-corrected chi connectivity index (χ0v) is 24.9. The van der Waals surface area contributed by atoms with Crippen LogP contribution in [0, 0.1) is 11.3 Å². The van der Waals surface area contributed by atoms with Crippen molar-refractivity contribution in [1.82, 2.24) is 4.90 Å². The highest BCUT2D eigenvalue weighted by molar-refractivity contribution is 5.77. The van der Waals surface area contributed by atoms with Crippen LogP contribution in [-0.2, 0) is 19.1 Å². The molecule has 0 bridgehead atoms. The molecule has 1 aliphatic rings. The summed E-state index contributed by atoms with van der Waals surface area (Å²) in [6.07, 6.45) is 18.3. The molecule has 2 N–H and O–H groups in total. The number of ether oxygens (including phenoxy) is 2. The van der Waals surface area contributed by atoms with Crippen molar-refractivity contribution in [3.63, 3.8) is 0 Å². The molecule has 1 rings (SSSR count). The Kier molecular flexibility index (Phi) is 19.8. The first-order chi connectivity index (χ1) is 18.3. The predicted molar refractivity (Wildman–Crippen MR) is 153 cm³/mol. The van der Waals surface area contributed by atoms with E-state index in [0.717, 1.165) is 45.2 Å². The average Bonchev–Trinajstić information content (AvgIpc) is 3.26. The molecule has 0 aromatic heterocycles. The Balaban J connectivity index is 2.33. The molecule has 0 spiro atoms. The van der Waals surface area contributed by atoms with Crippen molar-refractivity contribution in [2.24, 2.45) is 11.3 Å². The van der Waals surface area contributed by atoms with Gasteiger partial charge in [0.15, 0.2) is 0 Å². The summed E-state index contributed by atoms with van der Waals surface area (Å²) in [4.78, 5) is 27.3. The van der Waals surface area contributed by atoms with E-state index in [9.17, 15) is 9.59 Å². The number of rotatable bonds is 24. The number of hydrogen-bond donors (Lipinski definition) is 2. The lowest BCUT2D eigenvalue weighted by atomic mass is 9.90. The molecule has 7 heteroatoms. The molecule has 7 nitrogen and oxygen atoms in total. The van der Waals surface area contributed by atoms with Gasteiger partial charge in [0.1, 0.15) is 6.10 Å². The minimum Gasteiger partial charge on any atom is -0.466 e. The standard InChI is InChI=1S/C31H59NO6/c1-4-5-6-7-8-9-10-11-12-13-18-28(38-30(36)31(2)21-22-32(3)26-31)19-16-23-37-29(35)20-15-14-17-27(24-33)25-34/h27-28,33-34H,4-26H2,1-3H3. The molecule has 1 saturated heterocycles. The van der Waals surface area contributed by atoms with Crippen LogP contribution in [0.5, 0.6) is 0 Å². The third-order valence-electron chi connectivity index (χ3n) is 8.00. The minimum atomic E-state index is -0.428. The number of carbonyl (C=O) groups excluding carboxylic acids is 2. The van der Waals surface area contributed by atoms with Crippen LogP contribution in [-0.4, -0.2) is 73.1 Å². The van der Waals surface area contributed by atoms with E-state index >= 15 is 0 Å². The smallest absolute Gasteiger partial charge is 0.313 e. The van der Waals surface area contributed by atoms with Gasteiger partial charge >= 0.3 is 11.9 Å². The summed E-state index contributed by atoms with van der Waals surface area (Å²) in [6, 6.07) is 0. The first kappa shape index (κ1) is 34.8. The molecule has 0 aliphatic carbocycles. The van der Waals surface area contributed by atoms with Gasteiger partial charge in [-0.05, 0) is 65.5 Å². The second kappa shape index (κ2) is 21.6. The number of aliphatic hydroxyl groups excluding tert-OH is 2. The van der Waals surface area contributed by atoms with Gasteiger partial charge < -0.3 is 24.6 Å². The summed E-state index contributed by atoms with van der Waals surface area (Å²) in [7, 11) is 2.05. The topological polar surface area (TPSA) is 96.3 Å². The van der Waals surface area contributed by atoms with Gasteiger partial charge in [-0.15, -0.1) is 0 Å². The molecule has 1 aliphatic heterocycles. The molecular weight excluding hydrogens is 482 g/mol. The van der Waals surface area contributed by atoms with Crippen LogP contribution in [0.2, 0.25) is 0 Å². The third-order valence-corrected chi connectivity index (χ3v) is 8.00. The molecule has 0 aromatic carbocycles. The fourth-order valence-electron chi connectivity index (χ4n) is 5.29. The Morgan fingerprint density at radius 2 is 1.42 bits per heavy atom. The molecule has 224 valence electrons. The van der Waals surface area contributed by atoms with Crippen LogP contribution in [0.25, 0.3) is 0 Å². The summed E-state index contributed by atoms with van der Waals surface area (Å²) in [5.74, 6) is -0.396. The zero-order chi connectivity index (χ0) is 28.1. The fraction of sp³-hybridized carbons (Fsp3) is 0.935. The van der Waals surface area contributed by atoms with E-state index in [1.54, 1.807) is 0 Å². The first-order valence-corrected chi connectivity index (χ1v) is 15.6. The lowest BCUT2D eigenvalue weighted by molar-refractivity contribution is -0.161. The maximum absolute atomic E-state index is 13.0. The van der Waals surface area contributed by atoms with Gasteiger partial charge in [-0.1, -0.05) is 71.1 Å². The summed E-state index contributed by atoms with van der Waals surface area (Å²) in [5, 5.41) is 18.2. The molecular formula is C31H59NO6. The lowest BCUT2D eigenvalue weighted by Crippen LogP contribution is -2.35. The Morgan fingerprint density at radius 1 is 0.842 bits per heavy atom. The highest BCUT2D eigenvalue weighted by atomic mass is 16.5. The summed E-state index contributed by atoms with van der Waals surface area (Å²) < 4.78 is 11.5. The van der Waals surface area contributed by atoms with Gasteiger partial charge in [-0.25, -0.2) is 0 Å². The van der Waals surface area contributed by atoms with Gasteiger partial charge in [-0.2, -0.15) is 0 Å². The summed E-state index contributed by atoms with van der Waals surface area (Å²) >= 11 is 0. The van der Waals surface area contributed by atoms with Crippen LogP contribution in [0.3, 0.4) is 0 Å². The normalized spacial score (nSPS) is 18.7. The van der Waals surface area contributed by atoms with Crippen molar-refractivity contribution in [1.29, 1.82) is 0 Å². The van der Waals surface area contributed by atoms with Crippen LogP contribution < -0.4 is 0 Å². The van der Waals surface area contributed by atoms with Crippen LogP contribution >= 0.6 is 0 Å². The largest absolute Gasteiger partial charge is 0.466 e. The Hall–Kier alpha value is -1.18. The molecule has 2 atom stereocenters. The van der Waals surface area contributed by atoms with Gasteiger partial charge in [0.2, 0.25) is 0 Å². The highest BCUT2D eigenvalue weighted by Crippen LogP contribution is 2.31. The SMILES string of the molecule is CCCCCCCCCCCCC(CCCOC(=O)CCCCC(CO)CO)OC(=O)C1(C)CCN(C)C1. The lowest BCUT2D eigenvalue weighted by Gasteiger charge is -2.26. The van der Waals surface area contributed by atoms with Crippen LogP contribution in [0.15, 0.2) is 0 Å². The highest BCUT2D eigenvalue weighted by Gasteiger charge is 2.41. The molecule has 1 fully saturated rings. The number of unbranched alkanes of at least 4 members (excludes halogenated alkanes) is 10. The molecule has 0 saturated carbocycles. The van der Waals surface area contributed by atoms with Gasteiger partial charge in [0, 0.05) is 32.1 Å². The molecule has 38 heavy (non-hydrogen) atoms. The second-order valence-electron chi connectivity index (χ2n) is 11.9. The van der Waals surface area contributed by atoms with Crippen molar-refractivity contribution >= 4 is 11.9 Å². The summed E-state index contributed by atoms with van der Waals surface area (Å²) in [6.45, 7) is 6.23. The minimum absolute atomic E-state index is 0.0261. The number of aliphatic hydroxyl groups is 2. The average molecular weight is 542 g/mol. The Labute approximate surface area is 233 Å². The third kappa shape index (κ3) is 16.0. The van der Waals surface area contributed by atoms with E-state index in [4.69, 9.17) is 19.7 Å². The Bertz CT molecular complexity index is 611. The number of nitrogens with zero attached hydrogens (tertiary/aromatic N) is 1. The zero-order valence-electron chi connectivity index (χ0n) is 24.9. The molecule has 0 radical (unpaired) electrons.